The fourth-order valence-electron chi connectivity index (χ4n) is 3.02. The van der Waals surface area contributed by atoms with Crippen LogP contribution in [-0.2, 0) is 9.59 Å². The van der Waals surface area contributed by atoms with Crippen LogP contribution in [0.5, 0.6) is 0 Å². The summed E-state index contributed by atoms with van der Waals surface area (Å²) in [6.07, 6.45) is 3.82. The van der Waals surface area contributed by atoms with E-state index in [4.69, 9.17) is 5.73 Å². The molecule has 0 heterocycles. The Morgan fingerprint density at radius 2 is 1.90 bits per heavy atom. The summed E-state index contributed by atoms with van der Waals surface area (Å²) in [5, 5.41) is 12.0. The van der Waals surface area contributed by atoms with Crippen LogP contribution in [0.15, 0.2) is 30.3 Å². The number of aliphatic carboxylic acids is 1. The molecule has 5 heteroatoms. The van der Waals surface area contributed by atoms with Crippen molar-refractivity contribution in [3.05, 3.63) is 35.9 Å². The first kappa shape index (κ1) is 15.5. The van der Waals surface area contributed by atoms with E-state index in [1.165, 1.54) is 0 Å². The first-order chi connectivity index (χ1) is 10.1. The van der Waals surface area contributed by atoms with Gasteiger partial charge in [-0.2, -0.15) is 0 Å². The van der Waals surface area contributed by atoms with Crippen molar-refractivity contribution in [3.8, 4) is 0 Å². The number of nitrogens with two attached hydrogens (primary N) is 1. The molecule has 21 heavy (non-hydrogen) atoms. The molecule has 114 valence electrons. The molecule has 1 aromatic rings. The Morgan fingerprint density at radius 3 is 2.52 bits per heavy atom. The van der Waals surface area contributed by atoms with Crippen molar-refractivity contribution in [2.24, 2.45) is 17.6 Å². The molecule has 5 nitrogen and oxygen atoms in total. The van der Waals surface area contributed by atoms with Gasteiger partial charge in [-0.1, -0.05) is 43.2 Å². The summed E-state index contributed by atoms with van der Waals surface area (Å²) < 4.78 is 0. The van der Waals surface area contributed by atoms with E-state index >= 15 is 0 Å². The molecule has 1 fully saturated rings. The Labute approximate surface area is 124 Å². The van der Waals surface area contributed by atoms with Crippen LogP contribution < -0.4 is 11.1 Å². The molecule has 0 bridgehead atoms. The molecule has 0 radical (unpaired) electrons. The van der Waals surface area contributed by atoms with Gasteiger partial charge >= 0.3 is 5.97 Å². The lowest BCUT2D eigenvalue weighted by atomic mass is 9.78. The molecule has 1 amide bonds. The number of rotatable bonds is 5. The van der Waals surface area contributed by atoms with E-state index in [9.17, 15) is 14.7 Å². The van der Waals surface area contributed by atoms with Crippen LogP contribution in [0.3, 0.4) is 0 Å². The van der Waals surface area contributed by atoms with Crippen molar-refractivity contribution in [2.45, 2.75) is 31.7 Å². The van der Waals surface area contributed by atoms with Gasteiger partial charge in [0.2, 0.25) is 5.91 Å². The van der Waals surface area contributed by atoms with Crippen molar-refractivity contribution in [1.82, 2.24) is 5.32 Å². The van der Waals surface area contributed by atoms with Crippen molar-refractivity contribution >= 4 is 11.9 Å². The summed E-state index contributed by atoms with van der Waals surface area (Å²) in [5.74, 6) is -1.26. The molecule has 0 saturated heterocycles. The van der Waals surface area contributed by atoms with E-state index in [1.807, 2.05) is 6.07 Å². The number of carbonyl (C=O) groups excluding carboxylic acids is 1. The van der Waals surface area contributed by atoms with Gasteiger partial charge in [-0.3, -0.25) is 4.79 Å². The van der Waals surface area contributed by atoms with Gasteiger partial charge < -0.3 is 16.2 Å². The third-order valence-electron chi connectivity index (χ3n) is 4.22. The number of hydrogen-bond acceptors (Lipinski definition) is 3. The minimum atomic E-state index is -1.05. The molecule has 4 N–H and O–H groups in total. The molecule has 0 aromatic heterocycles. The van der Waals surface area contributed by atoms with E-state index in [-0.39, 0.29) is 17.7 Å². The van der Waals surface area contributed by atoms with Crippen molar-refractivity contribution in [3.63, 3.8) is 0 Å². The van der Waals surface area contributed by atoms with Crippen LogP contribution in [0.4, 0.5) is 0 Å². The van der Waals surface area contributed by atoms with E-state index in [1.54, 1.807) is 24.3 Å². The molecular weight excluding hydrogens is 268 g/mol. The number of hydrogen-bond donors (Lipinski definition) is 3. The highest BCUT2D eigenvalue weighted by molar-refractivity contribution is 5.86. The zero-order valence-corrected chi connectivity index (χ0v) is 12.0. The quantitative estimate of drug-likeness (QED) is 0.769. The van der Waals surface area contributed by atoms with E-state index in [2.05, 4.69) is 5.32 Å². The Bertz CT molecular complexity index is 490. The van der Waals surface area contributed by atoms with E-state index in [0.29, 0.717) is 12.1 Å². The lowest BCUT2D eigenvalue weighted by Crippen LogP contribution is -2.42. The highest BCUT2D eigenvalue weighted by Gasteiger charge is 2.32. The summed E-state index contributed by atoms with van der Waals surface area (Å²) in [5.41, 5.74) is 6.32. The third kappa shape index (κ3) is 3.82. The molecule has 2 rings (SSSR count). The molecule has 1 aromatic carbocycles. The second-order valence-corrected chi connectivity index (χ2v) is 5.58. The lowest BCUT2D eigenvalue weighted by Gasteiger charge is -2.30. The van der Waals surface area contributed by atoms with Crippen LogP contribution in [0, 0.1) is 11.8 Å². The van der Waals surface area contributed by atoms with Crippen LogP contribution in [-0.4, -0.2) is 23.5 Å². The fourth-order valence-corrected chi connectivity index (χ4v) is 3.02. The summed E-state index contributed by atoms with van der Waals surface area (Å²) >= 11 is 0. The summed E-state index contributed by atoms with van der Waals surface area (Å²) in [6.45, 7) is 0.473. The van der Waals surface area contributed by atoms with Crippen molar-refractivity contribution in [1.29, 1.82) is 0 Å². The predicted octanol–water partition coefficient (Wildman–Crippen LogP) is 1.69. The number of nitrogens with one attached hydrogen (secondary N) is 1. The van der Waals surface area contributed by atoms with Gasteiger partial charge in [0.15, 0.2) is 6.04 Å². The lowest BCUT2D eigenvalue weighted by molar-refractivity contribution is -0.143. The number of carboxylic acid groups (broad SMARTS) is 1. The van der Waals surface area contributed by atoms with Gasteiger partial charge in [-0.05, 0) is 30.9 Å². The fraction of sp³-hybridized carbons (Fsp3) is 0.500. The first-order valence-electron chi connectivity index (χ1n) is 7.41. The maximum atomic E-state index is 12.4. The van der Waals surface area contributed by atoms with Gasteiger partial charge in [-0.15, -0.1) is 0 Å². The highest BCUT2D eigenvalue weighted by atomic mass is 16.4. The Kier molecular flexibility index (Phi) is 5.33. The molecule has 0 spiro atoms. The van der Waals surface area contributed by atoms with Gasteiger partial charge in [0.25, 0.3) is 0 Å². The number of carbonyl (C=O) groups is 2. The van der Waals surface area contributed by atoms with Crippen LogP contribution >= 0.6 is 0 Å². The van der Waals surface area contributed by atoms with Gasteiger partial charge in [0.1, 0.15) is 0 Å². The molecule has 2 unspecified atom stereocenters. The maximum Gasteiger partial charge on any atom is 0.330 e. The first-order valence-corrected chi connectivity index (χ1v) is 7.41. The van der Waals surface area contributed by atoms with Crippen molar-refractivity contribution < 1.29 is 14.7 Å². The largest absolute Gasteiger partial charge is 0.479 e. The maximum absolute atomic E-state index is 12.4. The average molecular weight is 290 g/mol. The van der Waals surface area contributed by atoms with Crippen molar-refractivity contribution in [2.75, 3.05) is 6.54 Å². The number of carboxylic acids is 1. The third-order valence-corrected chi connectivity index (χ3v) is 4.22. The standard InChI is InChI=1S/C16H22N2O3/c17-10-12-8-4-5-9-13(12)15(19)18-14(16(20)21)11-6-2-1-3-7-11/h1-3,6-7,12-14H,4-5,8-10,17H2,(H,18,19)(H,20,21)/t12?,13?,14-/m1/s1. The molecule has 3 atom stereocenters. The summed E-state index contributed by atoms with van der Waals surface area (Å²) in [6, 6.07) is 7.76. The summed E-state index contributed by atoms with van der Waals surface area (Å²) in [7, 11) is 0. The smallest absolute Gasteiger partial charge is 0.330 e. The Balaban J connectivity index is 2.10. The second kappa shape index (κ2) is 7.22. The van der Waals surface area contributed by atoms with E-state index < -0.39 is 12.0 Å². The normalized spacial score (nSPS) is 23.3. The topological polar surface area (TPSA) is 92.4 Å². The molecule has 1 aliphatic rings. The minimum Gasteiger partial charge on any atom is -0.479 e. The minimum absolute atomic E-state index is 0.156. The molecule has 1 saturated carbocycles. The molecule has 1 aliphatic carbocycles. The number of amides is 1. The van der Waals surface area contributed by atoms with E-state index in [0.717, 1.165) is 25.7 Å². The molecule has 0 aliphatic heterocycles. The Morgan fingerprint density at radius 1 is 1.24 bits per heavy atom. The summed E-state index contributed by atoms with van der Waals surface area (Å²) in [4.78, 5) is 23.9. The molecular formula is C16H22N2O3. The van der Waals surface area contributed by atoms with Gasteiger partial charge in [0.05, 0.1) is 0 Å². The van der Waals surface area contributed by atoms with Gasteiger partial charge in [0, 0.05) is 5.92 Å². The van der Waals surface area contributed by atoms with Crippen LogP contribution in [0.1, 0.15) is 37.3 Å². The zero-order chi connectivity index (χ0) is 15.2. The Hall–Kier alpha value is -1.88. The SMILES string of the molecule is NCC1CCCCC1C(=O)N[C@@H](C(=O)O)c1ccccc1. The monoisotopic (exact) mass is 290 g/mol. The highest BCUT2D eigenvalue weighted by Crippen LogP contribution is 2.30. The van der Waals surface area contributed by atoms with Crippen LogP contribution in [0.2, 0.25) is 0 Å². The second-order valence-electron chi connectivity index (χ2n) is 5.58. The average Bonchev–Trinajstić information content (AvgIpc) is 2.52. The zero-order valence-electron chi connectivity index (χ0n) is 12.0. The predicted molar refractivity (Wildman–Crippen MR) is 79.5 cm³/mol. The van der Waals surface area contributed by atoms with Gasteiger partial charge in [-0.25, -0.2) is 4.79 Å². The van der Waals surface area contributed by atoms with Crippen LogP contribution in [0.25, 0.3) is 0 Å². The number of benzene rings is 1.